The lowest BCUT2D eigenvalue weighted by atomic mass is 10.2. The molecule has 102 valence electrons. The molecule has 2 aliphatic rings. The highest BCUT2D eigenvalue weighted by Crippen LogP contribution is 2.19. The molecule has 0 aliphatic carbocycles. The maximum Gasteiger partial charge on any atom is 0.282 e. The van der Waals surface area contributed by atoms with Gasteiger partial charge in [-0.1, -0.05) is 6.42 Å². The molecular weight excluding hydrogens is 262 g/mol. The average Bonchev–Trinajstić information content (AvgIpc) is 2.30. The molecule has 2 aliphatic heterocycles. The second-order valence-corrected chi connectivity index (χ2v) is 6.51. The molecular formula is C10H22ClN3O2S. The topological polar surface area (TPSA) is 52.7 Å². The van der Waals surface area contributed by atoms with Gasteiger partial charge in [0.25, 0.3) is 10.2 Å². The van der Waals surface area contributed by atoms with Gasteiger partial charge in [-0.15, -0.1) is 12.4 Å². The van der Waals surface area contributed by atoms with E-state index in [1.807, 2.05) is 6.92 Å². The van der Waals surface area contributed by atoms with Crippen LogP contribution in [0, 0.1) is 0 Å². The Morgan fingerprint density at radius 3 is 2.35 bits per heavy atom. The highest BCUT2D eigenvalue weighted by molar-refractivity contribution is 7.86. The van der Waals surface area contributed by atoms with Crippen LogP contribution < -0.4 is 5.32 Å². The molecule has 1 N–H and O–H groups in total. The van der Waals surface area contributed by atoms with Crippen LogP contribution in [-0.4, -0.2) is 55.8 Å². The Labute approximate surface area is 110 Å². The van der Waals surface area contributed by atoms with Gasteiger partial charge < -0.3 is 5.32 Å². The van der Waals surface area contributed by atoms with Gasteiger partial charge in [-0.2, -0.15) is 17.0 Å². The van der Waals surface area contributed by atoms with E-state index in [2.05, 4.69) is 5.32 Å². The first kappa shape index (κ1) is 15.2. The smallest absolute Gasteiger partial charge is 0.282 e. The van der Waals surface area contributed by atoms with E-state index in [-0.39, 0.29) is 18.4 Å². The summed E-state index contributed by atoms with van der Waals surface area (Å²) in [6, 6.07) is 0.0701. The van der Waals surface area contributed by atoms with E-state index < -0.39 is 10.2 Å². The average molecular weight is 284 g/mol. The number of piperazine rings is 1. The molecule has 0 spiro atoms. The van der Waals surface area contributed by atoms with Crippen molar-refractivity contribution in [1.29, 1.82) is 0 Å². The minimum Gasteiger partial charge on any atom is -0.314 e. The Morgan fingerprint density at radius 2 is 1.76 bits per heavy atom. The molecule has 2 rings (SSSR count). The number of nitrogens with one attached hydrogen (secondary N) is 1. The van der Waals surface area contributed by atoms with Crippen molar-refractivity contribution in [2.24, 2.45) is 0 Å². The normalized spacial score (nSPS) is 28.6. The number of hydrogen-bond donors (Lipinski definition) is 1. The van der Waals surface area contributed by atoms with E-state index in [4.69, 9.17) is 0 Å². The molecule has 0 unspecified atom stereocenters. The number of nitrogens with zero attached hydrogens (tertiary/aromatic N) is 2. The van der Waals surface area contributed by atoms with Gasteiger partial charge in [0.05, 0.1) is 0 Å². The van der Waals surface area contributed by atoms with E-state index in [1.54, 1.807) is 8.61 Å². The van der Waals surface area contributed by atoms with Crippen molar-refractivity contribution in [2.45, 2.75) is 32.2 Å². The van der Waals surface area contributed by atoms with E-state index in [0.29, 0.717) is 19.6 Å². The van der Waals surface area contributed by atoms with Crippen molar-refractivity contribution in [3.63, 3.8) is 0 Å². The van der Waals surface area contributed by atoms with Gasteiger partial charge in [-0.3, -0.25) is 0 Å². The van der Waals surface area contributed by atoms with Crippen molar-refractivity contribution < 1.29 is 8.42 Å². The van der Waals surface area contributed by atoms with Crippen LogP contribution in [0.1, 0.15) is 26.2 Å². The molecule has 7 heteroatoms. The van der Waals surface area contributed by atoms with Crippen molar-refractivity contribution in [3.05, 3.63) is 0 Å². The van der Waals surface area contributed by atoms with Crippen LogP contribution in [0.2, 0.25) is 0 Å². The predicted octanol–water partition coefficient (Wildman–Crippen LogP) is 0.433. The molecule has 0 aromatic heterocycles. The first-order valence-electron chi connectivity index (χ1n) is 6.10. The zero-order chi connectivity index (χ0) is 11.6. The molecule has 0 bridgehead atoms. The summed E-state index contributed by atoms with van der Waals surface area (Å²) in [6.07, 6.45) is 3.16. The summed E-state index contributed by atoms with van der Waals surface area (Å²) in [4.78, 5) is 0. The van der Waals surface area contributed by atoms with Crippen molar-refractivity contribution in [3.8, 4) is 0 Å². The van der Waals surface area contributed by atoms with Gasteiger partial charge in [0.15, 0.2) is 0 Å². The maximum absolute atomic E-state index is 12.4. The third-order valence-corrected chi connectivity index (χ3v) is 5.53. The molecule has 0 aromatic rings. The fraction of sp³-hybridized carbons (Fsp3) is 1.00. The van der Waals surface area contributed by atoms with Crippen LogP contribution in [0.25, 0.3) is 0 Å². The predicted molar refractivity (Wildman–Crippen MR) is 70.6 cm³/mol. The lowest BCUT2D eigenvalue weighted by Gasteiger charge is -2.37. The molecule has 5 nitrogen and oxygen atoms in total. The first-order valence-corrected chi connectivity index (χ1v) is 7.50. The van der Waals surface area contributed by atoms with Crippen molar-refractivity contribution in [1.82, 2.24) is 13.9 Å². The summed E-state index contributed by atoms with van der Waals surface area (Å²) in [5.74, 6) is 0. The van der Waals surface area contributed by atoms with E-state index in [1.165, 1.54) is 0 Å². The van der Waals surface area contributed by atoms with E-state index in [9.17, 15) is 8.42 Å². The van der Waals surface area contributed by atoms with Gasteiger partial charge in [0.1, 0.15) is 0 Å². The van der Waals surface area contributed by atoms with Crippen molar-refractivity contribution >= 4 is 22.6 Å². The molecule has 0 aromatic carbocycles. The van der Waals surface area contributed by atoms with Crippen LogP contribution in [0.15, 0.2) is 0 Å². The highest BCUT2D eigenvalue weighted by Gasteiger charge is 2.34. The zero-order valence-electron chi connectivity index (χ0n) is 10.3. The Balaban J connectivity index is 0.00000144. The lowest BCUT2D eigenvalue weighted by Crippen LogP contribution is -2.56. The van der Waals surface area contributed by atoms with Crippen LogP contribution >= 0.6 is 12.4 Å². The fourth-order valence-electron chi connectivity index (χ4n) is 2.41. The fourth-order valence-corrected chi connectivity index (χ4v) is 4.28. The Kier molecular flexibility index (Phi) is 5.66. The molecule has 2 saturated heterocycles. The number of rotatable bonds is 2. The third-order valence-electron chi connectivity index (χ3n) is 3.38. The Bertz CT molecular complexity index is 330. The molecule has 0 radical (unpaired) electrons. The Hall–Kier alpha value is 0.120. The summed E-state index contributed by atoms with van der Waals surface area (Å²) in [7, 11) is -3.21. The number of piperidine rings is 1. The van der Waals surface area contributed by atoms with E-state index in [0.717, 1.165) is 32.4 Å². The summed E-state index contributed by atoms with van der Waals surface area (Å²) in [6.45, 7) is 5.47. The molecule has 2 heterocycles. The zero-order valence-corrected chi connectivity index (χ0v) is 11.9. The summed E-state index contributed by atoms with van der Waals surface area (Å²) in [5, 5.41) is 3.21. The summed E-state index contributed by atoms with van der Waals surface area (Å²) in [5.41, 5.74) is 0. The monoisotopic (exact) mass is 283 g/mol. The maximum atomic E-state index is 12.4. The standard InChI is InChI=1S/C10H21N3O2S.ClH/c1-10-9-11-5-8-13(10)16(14,15)12-6-3-2-4-7-12;/h10-11H,2-9H2,1H3;1H/t10-;/m0./s1. The number of halogens is 1. The third kappa shape index (κ3) is 3.32. The van der Waals surface area contributed by atoms with Gasteiger partial charge in [0.2, 0.25) is 0 Å². The number of hydrogen-bond acceptors (Lipinski definition) is 3. The minimum atomic E-state index is -3.21. The summed E-state index contributed by atoms with van der Waals surface area (Å²) >= 11 is 0. The van der Waals surface area contributed by atoms with Gasteiger partial charge in [-0.25, -0.2) is 0 Å². The molecule has 17 heavy (non-hydrogen) atoms. The van der Waals surface area contributed by atoms with Gasteiger partial charge in [0, 0.05) is 38.8 Å². The minimum absolute atomic E-state index is 0. The SMILES string of the molecule is C[C@H]1CNCCN1S(=O)(=O)N1CCCCC1.Cl. The Morgan fingerprint density at radius 1 is 1.12 bits per heavy atom. The second kappa shape index (κ2) is 6.33. The highest BCUT2D eigenvalue weighted by atomic mass is 35.5. The lowest BCUT2D eigenvalue weighted by molar-refractivity contribution is 0.246. The van der Waals surface area contributed by atoms with Crippen molar-refractivity contribution in [2.75, 3.05) is 32.7 Å². The van der Waals surface area contributed by atoms with Crippen LogP contribution in [0.5, 0.6) is 0 Å². The van der Waals surface area contributed by atoms with Crippen LogP contribution in [0.4, 0.5) is 0 Å². The van der Waals surface area contributed by atoms with Crippen LogP contribution in [-0.2, 0) is 10.2 Å². The second-order valence-electron chi connectivity index (χ2n) is 4.63. The van der Waals surface area contributed by atoms with E-state index >= 15 is 0 Å². The van der Waals surface area contributed by atoms with Crippen LogP contribution in [0.3, 0.4) is 0 Å². The summed E-state index contributed by atoms with van der Waals surface area (Å²) < 4.78 is 28.0. The van der Waals surface area contributed by atoms with Gasteiger partial charge >= 0.3 is 0 Å². The first-order chi connectivity index (χ1) is 7.62. The molecule has 2 fully saturated rings. The van der Waals surface area contributed by atoms with Gasteiger partial charge in [-0.05, 0) is 19.8 Å². The molecule has 1 atom stereocenters. The quantitative estimate of drug-likeness (QED) is 0.800. The molecule has 0 amide bonds. The largest absolute Gasteiger partial charge is 0.314 e. The molecule has 0 saturated carbocycles.